The molecule has 0 radical (unpaired) electrons. The number of rotatable bonds is 6. The lowest BCUT2D eigenvalue weighted by Crippen LogP contribution is -2.37. The van der Waals surface area contributed by atoms with E-state index in [1.807, 2.05) is 17.0 Å². The summed E-state index contributed by atoms with van der Waals surface area (Å²) in [6, 6.07) is 6.31. The Morgan fingerprint density at radius 3 is 2.85 bits per heavy atom. The first kappa shape index (κ1) is 14.9. The molecule has 2 rings (SSSR count). The molecule has 0 saturated carbocycles. The van der Waals surface area contributed by atoms with E-state index < -0.39 is 0 Å². The molecule has 3 heteroatoms. The summed E-state index contributed by atoms with van der Waals surface area (Å²) in [4.78, 5) is 14.7. The third kappa shape index (κ3) is 3.33. The zero-order valence-electron chi connectivity index (χ0n) is 12.9. The van der Waals surface area contributed by atoms with Gasteiger partial charge in [0.2, 0.25) is 0 Å². The summed E-state index contributed by atoms with van der Waals surface area (Å²) in [5, 5.41) is 3.34. The largest absolute Gasteiger partial charge is 0.384 e. The van der Waals surface area contributed by atoms with Gasteiger partial charge in [0.15, 0.2) is 0 Å². The van der Waals surface area contributed by atoms with E-state index in [1.54, 1.807) is 0 Å². The molecule has 0 bridgehead atoms. The van der Waals surface area contributed by atoms with Crippen LogP contribution < -0.4 is 5.32 Å². The van der Waals surface area contributed by atoms with Gasteiger partial charge in [-0.05, 0) is 50.5 Å². The number of unbranched alkanes of at least 4 members (excludes halogenated alkanes) is 2. The molecule has 0 aromatic heterocycles. The summed E-state index contributed by atoms with van der Waals surface area (Å²) in [7, 11) is 0. The molecule has 0 spiro atoms. The molecule has 1 aromatic rings. The van der Waals surface area contributed by atoms with E-state index in [0.29, 0.717) is 0 Å². The number of benzene rings is 1. The average molecular weight is 274 g/mol. The maximum atomic E-state index is 12.7. The van der Waals surface area contributed by atoms with Crippen molar-refractivity contribution < 1.29 is 4.79 Å². The van der Waals surface area contributed by atoms with Crippen molar-refractivity contribution in [3.63, 3.8) is 0 Å². The first-order valence-corrected chi connectivity index (χ1v) is 7.81. The predicted molar refractivity (Wildman–Crippen MR) is 84.3 cm³/mol. The van der Waals surface area contributed by atoms with E-state index >= 15 is 0 Å². The van der Waals surface area contributed by atoms with Crippen LogP contribution >= 0.6 is 0 Å². The second kappa shape index (κ2) is 6.78. The average Bonchev–Trinajstić information content (AvgIpc) is 2.89. The highest BCUT2D eigenvalue weighted by molar-refractivity contribution is 5.95. The second-order valence-corrected chi connectivity index (χ2v) is 5.85. The standard InChI is InChI=1S/C17H26N2O/c1-4-5-6-11-19(13(2)3)17(20)15-7-8-16-14(12-15)9-10-18-16/h7-8,12-13,18H,4-6,9-11H2,1-3H3. The van der Waals surface area contributed by atoms with E-state index in [4.69, 9.17) is 0 Å². The van der Waals surface area contributed by atoms with Crippen molar-refractivity contribution in [1.29, 1.82) is 0 Å². The van der Waals surface area contributed by atoms with Crippen LogP contribution in [0, 0.1) is 0 Å². The summed E-state index contributed by atoms with van der Waals surface area (Å²) in [6.07, 6.45) is 4.48. The van der Waals surface area contributed by atoms with Crippen LogP contribution in [-0.2, 0) is 6.42 Å². The molecule has 3 nitrogen and oxygen atoms in total. The minimum Gasteiger partial charge on any atom is -0.384 e. The van der Waals surface area contributed by atoms with E-state index in [2.05, 4.69) is 32.2 Å². The van der Waals surface area contributed by atoms with Crippen molar-refractivity contribution in [2.45, 2.75) is 52.5 Å². The monoisotopic (exact) mass is 274 g/mol. The highest BCUT2D eigenvalue weighted by Gasteiger charge is 2.20. The smallest absolute Gasteiger partial charge is 0.254 e. The van der Waals surface area contributed by atoms with E-state index in [-0.39, 0.29) is 11.9 Å². The van der Waals surface area contributed by atoms with E-state index in [1.165, 1.54) is 24.1 Å². The van der Waals surface area contributed by atoms with Crippen LogP contribution in [0.5, 0.6) is 0 Å². The summed E-state index contributed by atoms with van der Waals surface area (Å²) < 4.78 is 0. The van der Waals surface area contributed by atoms with Gasteiger partial charge in [-0.15, -0.1) is 0 Å². The molecule has 0 fully saturated rings. The number of nitrogens with one attached hydrogen (secondary N) is 1. The van der Waals surface area contributed by atoms with Crippen LogP contribution in [0.4, 0.5) is 5.69 Å². The first-order chi connectivity index (χ1) is 9.63. The molecule has 1 aliphatic rings. The van der Waals surface area contributed by atoms with Gasteiger partial charge in [0.05, 0.1) is 0 Å². The molecular weight excluding hydrogens is 248 g/mol. The minimum absolute atomic E-state index is 0.172. The van der Waals surface area contributed by atoms with Crippen LogP contribution in [0.15, 0.2) is 18.2 Å². The van der Waals surface area contributed by atoms with Crippen LogP contribution in [0.25, 0.3) is 0 Å². The Hall–Kier alpha value is -1.51. The molecule has 0 unspecified atom stereocenters. The number of nitrogens with zero attached hydrogens (tertiary/aromatic N) is 1. The molecule has 0 aliphatic carbocycles. The van der Waals surface area contributed by atoms with Crippen molar-refractivity contribution >= 4 is 11.6 Å². The summed E-state index contributed by atoms with van der Waals surface area (Å²) in [5.41, 5.74) is 3.29. The Morgan fingerprint density at radius 1 is 1.35 bits per heavy atom. The van der Waals surface area contributed by atoms with Crippen molar-refractivity contribution in [1.82, 2.24) is 4.90 Å². The predicted octanol–water partition coefficient (Wildman–Crippen LogP) is 3.70. The maximum Gasteiger partial charge on any atom is 0.254 e. The number of carbonyl (C=O) groups excluding carboxylic acids is 1. The summed E-state index contributed by atoms with van der Waals surface area (Å²) in [6.45, 7) is 8.23. The Balaban J connectivity index is 2.10. The van der Waals surface area contributed by atoms with Crippen LogP contribution in [-0.4, -0.2) is 29.9 Å². The molecule has 1 amide bonds. The van der Waals surface area contributed by atoms with Crippen molar-refractivity contribution in [3.05, 3.63) is 29.3 Å². The lowest BCUT2D eigenvalue weighted by Gasteiger charge is -2.27. The van der Waals surface area contributed by atoms with Gasteiger partial charge in [0.1, 0.15) is 0 Å². The zero-order valence-corrected chi connectivity index (χ0v) is 12.9. The SMILES string of the molecule is CCCCCN(C(=O)c1ccc2c(c1)CCN2)C(C)C. The fourth-order valence-electron chi connectivity index (χ4n) is 2.73. The van der Waals surface area contributed by atoms with E-state index in [9.17, 15) is 4.79 Å². The fourth-order valence-corrected chi connectivity index (χ4v) is 2.73. The highest BCUT2D eigenvalue weighted by atomic mass is 16.2. The Kier molecular flexibility index (Phi) is 5.05. The van der Waals surface area contributed by atoms with Gasteiger partial charge in [0.25, 0.3) is 5.91 Å². The molecule has 1 aliphatic heterocycles. The first-order valence-electron chi connectivity index (χ1n) is 7.81. The van der Waals surface area contributed by atoms with Gasteiger partial charge in [-0.1, -0.05) is 19.8 Å². The fraction of sp³-hybridized carbons (Fsp3) is 0.588. The molecule has 1 aromatic carbocycles. The number of amides is 1. The molecule has 0 saturated heterocycles. The Labute approximate surface area is 122 Å². The third-order valence-corrected chi connectivity index (χ3v) is 3.95. The van der Waals surface area contributed by atoms with Crippen molar-refractivity contribution in [3.8, 4) is 0 Å². The third-order valence-electron chi connectivity index (χ3n) is 3.95. The topological polar surface area (TPSA) is 32.3 Å². The lowest BCUT2D eigenvalue weighted by molar-refractivity contribution is 0.0702. The quantitative estimate of drug-likeness (QED) is 0.802. The van der Waals surface area contributed by atoms with Gasteiger partial charge in [-0.25, -0.2) is 0 Å². The van der Waals surface area contributed by atoms with Crippen molar-refractivity contribution in [2.24, 2.45) is 0 Å². The minimum atomic E-state index is 0.172. The summed E-state index contributed by atoms with van der Waals surface area (Å²) in [5.74, 6) is 0.172. The number of carbonyl (C=O) groups is 1. The zero-order chi connectivity index (χ0) is 14.5. The highest BCUT2D eigenvalue weighted by Crippen LogP contribution is 2.24. The van der Waals surface area contributed by atoms with Crippen LogP contribution in [0.2, 0.25) is 0 Å². The number of anilines is 1. The van der Waals surface area contributed by atoms with Gasteiger partial charge in [-0.2, -0.15) is 0 Å². The number of fused-ring (bicyclic) bond motifs is 1. The number of hydrogen-bond donors (Lipinski definition) is 1. The van der Waals surface area contributed by atoms with Crippen LogP contribution in [0.3, 0.4) is 0 Å². The number of hydrogen-bond acceptors (Lipinski definition) is 2. The molecule has 1 heterocycles. The van der Waals surface area contributed by atoms with E-state index in [0.717, 1.165) is 31.5 Å². The lowest BCUT2D eigenvalue weighted by atomic mass is 10.1. The molecule has 0 atom stereocenters. The van der Waals surface area contributed by atoms with Gasteiger partial charge >= 0.3 is 0 Å². The molecule has 1 N–H and O–H groups in total. The molecular formula is C17H26N2O. The summed E-state index contributed by atoms with van der Waals surface area (Å²) >= 11 is 0. The van der Waals surface area contributed by atoms with Gasteiger partial charge in [0, 0.05) is 30.4 Å². The molecule has 110 valence electrons. The van der Waals surface area contributed by atoms with Gasteiger partial charge < -0.3 is 10.2 Å². The van der Waals surface area contributed by atoms with Gasteiger partial charge in [-0.3, -0.25) is 4.79 Å². The Bertz CT molecular complexity index is 468. The normalized spacial score (nSPS) is 13.2. The maximum absolute atomic E-state index is 12.7. The van der Waals surface area contributed by atoms with Crippen LogP contribution in [0.1, 0.15) is 56.0 Å². The Morgan fingerprint density at radius 2 is 2.15 bits per heavy atom. The molecule has 20 heavy (non-hydrogen) atoms. The van der Waals surface area contributed by atoms with Crippen molar-refractivity contribution in [2.75, 3.05) is 18.4 Å². The second-order valence-electron chi connectivity index (χ2n) is 5.85.